The summed E-state index contributed by atoms with van der Waals surface area (Å²) in [6, 6.07) is 9.47. The van der Waals surface area contributed by atoms with E-state index in [1.165, 1.54) is 0 Å². The molecule has 1 aliphatic heterocycles. The average molecular weight is 187 g/mol. The Hall–Kier alpha value is -1.90. The largest absolute Gasteiger partial charge is 0.292 e. The Labute approximate surface area is 81.4 Å². The fourth-order valence-corrected chi connectivity index (χ4v) is 1.37. The quantitative estimate of drug-likeness (QED) is 0.529. The summed E-state index contributed by atoms with van der Waals surface area (Å²) in [5, 5.41) is 2.24. The van der Waals surface area contributed by atoms with Crippen molar-refractivity contribution in [3.05, 3.63) is 41.5 Å². The Balaban J connectivity index is 2.28. The standard InChI is InChI=1S/C11H9NO2/c13-10-7-9(11(14)12-10)6-8-4-2-1-3-5-8/h1-6H,7H2,(H,12,13,14). The molecule has 70 valence electrons. The number of nitrogens with one attached hydrogen (secondary N) is 1. The smallest absolute Gasteiger partial charge is 0.254 e. The van der Waals surface area contributed by atoms with Gasteiger partial charge in [-0.05, 0) is 11.6 Å². The molecule has 14 heavy (non-hydrogen) atoms. The van der Waals surface area contributed by atoms with Crippen LogP contribution in [-0.2, 0) is 9.59 Å². The summed E-state index contributed by atoms with van der Waals surface area (Å²) in [7, 11) is 0. The number of hydrogen-bond acceptors (Lipinski definition) is 2. The van der Waals surface area contributed by atoms with Gasteiger partial charge in [0.1, 0.15) is 0 Å². The number of carbonyl (C=O) groups is 2. The van der Waals surface area contributed by atoms with Crippen LogP contribution in [0.4, 0.5) is 0 Å². The van der Waals surface area contributed by atoms with Crippen molar-refractivity contribution in [2.24, 2.45) is 0 Å². The summed E-state index contributed by atoms with van der Waals surface area (Å²) in [6.07, 6.45) is 1.92. The molecule has 0 aromatic heterocycles. The third kappa shape index (κ3) is 1.71. The molecule has 0 atom stereocenters. The third-order valence-corrected chi connectivity index (χ3v) is 2.04. The Bertz CT molecular complexity index is 407. The van der Waals surface area contributed by atoms with Gasteiger partial charge in [-0.15, -0.1) is 0 Å². The number of imide groups is 1. The van der Waals surface area contributed by atoms with E-state index in [-0.39, 0.29) is 18.2 Å². The molecule has 3 nitrogen and oxygen atoms in total. The van der Waals surface area contributed by atoms with Crippen LogP contribution in [0.1, 0.15) is 12.0 Å². The Kier molecular flexibility index (Phi) is 2.14. The molecule has 1 fully saturated rings. The highest BCUT2D eigenvalue weighted by molar-refractivity contribution is 6.15. The van der Waals surface area contributed by atoms with Gasteiger partial charge >= 0.3 is 0 Å². The maximum absolute atomic E-state index is 11.2. The highest BCUT2D eigenvalue weighted by atomic mass is 16.2. The van der Waals surface area contributed by atoms with E-state index in [0.29, 0.717) is 5.57 Å². The maximum atomic E-state index is 11.2. The fraction of sp³-hybridized carbons (Fsp3) is 0.0909. The van der Waals surface area contributed by atoms with Gasteiger partial charge < -0.3 is 0 Å². The number of amides is 2. The van der Waals surface area contributed by atoms with E-state index < -0.39 is 0 Å². The Morgan fingerprint density at radius 3 is 2.43 bits per heavy atom. The molecular weight excluding hydrogens is 178 g/mol. The minimum absolute atomic E-state index is 0.188. The normalized spacial score (nSPS) is 18.7. The summed E-state index contributed by atoms with van der Waals surface area (Å²) in [4.78, 5) is 22.1. The van der Waals surface area contributed by atoms with Gasteiger partial charge in [-0.1, -0.05) is 30.3 Å². The highest BCUT2D eigenvalue weighted by Crippen LogP contribution is 2.13. The Morgan fingerprint density at radius 2 is 1.86 bits per heavy atom. The first kappa shape index (κ1) is 8.69. The molecule has 3 heteroatoms. The topological polar surface area (TPSA) is 46.2 Å². The van der Waals surface area contributed by atoms with Gasteiger partial charge in [-0.25, -0.2) is 0 Å². The molecule has 1 heterocycles. The predicted molar refractivity (Wildman–Crippen MR) is 52.2 cm³/mol. The molecule has 0 radical (unpaired) electrons. The van der Waals surface area contributed by atoms with E-state index in [1.54, 1.807) is 6.08 Å². The summed E-state index contributed by atoms with van der Waals surface area (Å²) >= 11 is 0. The first-order chi connectivity index (χ1) is 6.75. The zero-order chi connectivity index (χ0) is 9.97. The minimum Gasteiger partial charge on any atom is -0.292 e. The molecule has 2 rings (SSSR count). The molecule has 0 aliphatic carbocycles. The van der Waals surface area contributed by atoms with E-state index in [2.05, 4.69) is 5.32 Å². The molecule has 0 saturated carbocycles. The third-order valence-electron chi connectivity index (χ3n) is 2.04. The average Bonchev–Trinajstić information content (AvgIpc) is 2.47. The number of carbonyl (C=O) groups excluding carboxylic acids is 2. The van der Waals surface area contributed by atoms with E-state index in [1.807, 2.05) is 30.3 Å². The van der Waals surface area contributed by atoms with Crippen LogP contribution in [0, 0.1) is 0 Å². The van der Waals surface area contributed by atoms with Crippen molar-refractivity contribution in [2.45, 2.75) is 6.42 Å². The first-order valence-corrected chi connectivity index (χ1v) is 4.35. The lowest BCUT2D eigenvalue weighted by Crippen LogP contribution is -2.19. The molecular formula is C11H9NO2. The Morgan fingerprint density at radius 1 is 1.14 bits per heavy atom. The second-order valence-corrected chi connectivity index (χ2v) is 3.13. The van der Waals surface area contributed by atoms with Crippen LogP contribution in [0.5, 0.6) is 0 Å². The van der Waals surface area contributed by atoms with Crippen LogP contribution in [0.2, 0.25) is 0 Å². The van der Waals surface area contributed by atoms with Crippen LogP contribution >= 0.6 is 0 Å². The number of rotatable bonds is 1. The summed E-state index contributed by atoms with van der Waals surface area (Å²) in [5.41, 5.74) is 1.47. The summed E-state index contributed by atoms with van der Waals surface area (Å²) < 4.78 is 0. The lowest BCUT2D eigenvalue weighted by molar-refractivity contribution is -0.124. The van der Waals surface area contributed by atoms with Crippen molar-refractivity contribution in [3.63, 3.8) is 0 Å². The van der Waals surface area contributed by atoms with Gasteiger partial charge in [0.25, 0.3) is 5.91 Å². The van der Waals surface area contributed by atoms with Gasteiger partial charge in [0, 0.05) is 5.57 Å². The van der Waals surface area contributed by atoms with Crippen LogP contribution in [0.15, 0.2) is 35.9 Å². The van der Waals surface area contributed by atoms with Crippen LogP contribution in [0.25, 0.3) is 6.08 Å². The molecule has 1 aromatic carbocycles. The molecule has 1 aromatic rings. The molecule has 0 bridgehead atoms. The fourth-order valence-electron chi connectivity index (χ4n) is 1.37. The SMILES string of the molecule is O=C1CC(=Cc2ccccc2)C(=O)N1. The number of benzene rings is 1. The monoisotopic (exact) mass is 187 g/mol. The molecule has 0 unspecified atom stereocenters. The van der Waals surface area contributed by atoms with Crippen molar-refractivity contribution in [1.29, 1.82) is 0 Å². The van der Waals surface area contributed by atoms with E-state index in [0.717, 1.165) is 5.56 Å². The predicted octanol–water partition coefficient (Wildman–Crippen LogP) is 1.12. The molecule has 1 saturated heterocycles. The number of hydrogen-bond donors (Lipinski definition) is 1. The summed E-state index contributed by atoms with van der Waals surface area (Å²) in [6.45, 7) is 0. The van der Waals surface area contributed by atoms with Crippen LogP contribution in [-0.4, -0.2) is 11.8 Å². The van der Waals surface area contributed by atoms with Gasteiger partial charge in [-0.3, -0.25) is 14.9 Å². The second-order valence-electron chi connectivity index (χ2n) is 3.13. The van der Waals surface area contributed by atoms with Gasteiger partial charge in [0.05, 0.1) is 6.42 Å². The lowest BCUT2D eigenvalue weighted by atomic mass is 10.1. The maximum Gasteiger partial charge on any atom is 0.254 e. The van der Waals surface area contributed by atoms with E-state index in [4.69, 9.17) is 0 Å². The van der Waals surface area contributed by atoms with Gasteiger partial charge in [-0.2, -0.15) is 0 Å². The minimum atomic E-state index is -0.279. The highest BCUT2D eigenvalue weighted by Gasteiger charge is 2.23. The molecule has 1 aliphatic rings. The van der Waals surface area contributed by atoms with Gasteiger partial charge in [0.15, 0.2) is 0 Å². The molecule has 0 spiro atoms. The van der Waals surface area contributed by atoms with E-state index >= 15 is 0 Å². The van der Waals surface area contributed by atoms with Crippen LogP contribution < -0.4 is 5.32 Å². The van der Waals surface area contributed by atoms with E-state index in [9.17, 15) is 9.59 Å². The van der Waals surface area contributed by atoms with Crippen molar-refractivity contribution >= 4 is 17.9 Å². The zero-order valence-electron chi connectivity index (χ0n) is 7.49. The zero-order valence-corrected chi connectivity index (χ0v) is 7.49. The molecule has 2 amide bonds. The lowest BCUT2D eigenvalue weighted by Gasteiger charge is -1.93. The van der Waals surface area contributed by atoms with Crippen LogP contribution in [0.3, 0.4) is 0 Å². The van der Waals surface area contributed by atoms with Crippen molar-refractivity contribution in [2.75, 3.05) is 0 Å². The van der Waals surface area contributed by atoms with Gasteiger partial charge in [0.2, 0.25) is 5.91 Å². The van der Waals surface area contributed by atoms with Crippen molar-refractivity contribution < 1.29 is 9.59 Å². The van der Waals surface area contributed by atoms with Crippen molar-refractivity contribution in [1.82, 2.24) is 5.32 Å². The van der Waals surface area contributed by atoms with Crippen molar-refractivity contribution in [3.8, 4) is 0 Å². The first-order valence-electron chi connectivity index (χ1n) is 4.35. The second kappa shape index (κ2) is 3.46. The molecule has 1 N–H and O–H groups in total. The summed E-state index contributed by atoms with van der Waals surface area (Å²) in [5.74, 6) is -0.504.